The SMILES string of the molecule is CC(c1cccc2ccccc12)[N@H+]([O-])CCCc1cccc(C(F)(F)F)c1. The third-order valence-corrected chi connectivity index (χ3v) is 4.92. The molecule has 0 aliphatic rings. The van der Waals surface area contributed by atoms with Crippen molar-refractivity contribution in [1.82, 2.24) is 0 Å². The number of nitrogens with one attached hydrogen (secondary N) is 1. The molecule has 27 heavy (non-hydrogen) atoms. The van der Waals surface area contributed by atoms with E-state index in [2.05, 4.69) is 0 Å². The first-order valence-corrected chi connectivity index (χ1v) is 9.03. The molecule has 0 fully saturated rings. The van der Waals surface area contributed by atoms with E-state index in [-0.39, 0.29) is 11.1 Å². The van der Waals surface area contributed by atoms with Gasteiger partial charge >= 0.3 is 6.18 Å². The lowest BCUT2D eigenvalue weighted by atomic mass is 9.99. The highest BCUT2D eigenvalue weighted by atomic mass is 19.4. The summed E-state index contributed by atoms with van der Waals surface area (Å²) >= 11 is 0. The van der Waals surface area contributed by atoms with Gasteiger partial charge in [-0.15, -0.1) is 0 Å². The van der Waals surface area contributed by atoms with Crippen molar-refractivity contribution in [1.29, 1.82) is 0 Å². The summed E-state index contributed by atoms with van der Waals surface area (Å²) in [6.45, 7) is 2.25. The molecule has 0 saturated heterocycles. The molecule has 5 heteroatoms. The molecule has 0 aliphatic carbocycles. The van der Waals surface area contributed by atoms with Crippen LogP contribution in [0, 0.1) is 5.21 Å². The first kappa shape index (κ1) is 19.4. The normalized spacial score (nSPS) is 14.3. The zero-order valence-electron chi connectivity index (χ0n) is 15.1. The summed E-state index contributed by atoms with van der Waals surface area (Å²) in [5.41, 5.74) is 0.961. The Hall–Kier alpha value is -2.37. The minimum absolute atomic E-state index is 0.110. The second-order valence-corrected chi connectivity index (χ2v) is 6.81. The molecule has 0 amide bonds. The predicted molar refractivity (Wildman–Crippen MR) is 101 cm³/mol. The van der Waals surface area contributed by atoms with Crippen molar-refractivity contribution in [3.05, 3.63) is 88.6 Å². The first-order valence-electron chi connectivity index (χ1n) is 9.03. The molecule has 0 heterocycles. The van der Waals surface area contributed by atoms with Gasteiger partial charge in [0.1, 0.15) is 6.04 Å². The third-order valence-electron chi connectivity index (χ3n) is 4.92. The Kier molecular flexibility index (Phi) is 5.82. The second-order valence-electron chi connectivity index (χ2n) is 6.81. The molecular formula is C22H22F3NO. The molecule has 0 aromatic heterocycles. The smallest absolute Gasteiger partial charge is 0.416 e. The van der Waals surface area contributed by atoms with Crippen LogP contribution in [0.2, 0.25) is 0 Å². The van der Waals surface area contributed by atoms with Gasteiger partial charge in [-0.25, -0.2) is 0 Å². The number of rotatable bonds is 6. The van der Waals surface area contributed by atoms with Gasteiger partial charge in [0, 0.05) is 12.0 Å². The number of quaternary nitrogens is 1. The third kappa shape index (κ3) is 4.67. The molecule has 142 valence electrons. The zero-order chi connectivity index (χ0) is 19.4. The van der Waals surface area contributed by atoms with E-state index in [9.17, 15) is 18.4 Å². The van der Waals surface area contributed by atoms with Crippen molar-refractivity contribution in [3.8, 4) is 0 Å². The molecule has 2 atom stereocenters. The largest absolute Gasteiger partial charge is 0.634 e. The number of hydrogen-bond donors (Lipinski definition) is 1. The number of hydroxylamine groups is 2. The maximum Gasteiger partial charge on any atom is 0.416 e. The standard InChI is InChI=1S/C22H22F3NO/c1-16(20-13-5-10-18-9-2-3-12-21(18)20)26(27)14-6-8-17-7-4-11-19(15-17)22(23,24)25/h2-5,7,9-13,15-16,26H,6,8,14H2,1H3. The summed E-state index contributed by atoms with van der Waals surface area (Å²) in [7, 11) is 0. The molecule has 2 nitrogen and oxygen atoms in total. The number of fused-ring (bicyclic) bond motifs is 1. The molecule has 1 N–H and O–H groups in total. The van der Waals surface area contributed by atoms with Crippen LogP contribution in [0.4, 0.5) is 13.2 Å². The summed E-state index contributed by atoms with van der Waals surface area (Å²) in [6, 6.07) is 19.0. The van der Waals surface area contributed by atoms with Gasteiger partial charge in [-0.05, 0) is 35.7 Å². The molecule has 1 unspecified atom stereocenters. The molecule has 3 aromatic rings. The zero-order valence-corrected chi connectivity index (χ0v) is 15.1. The molecule has 0 bridgehead atoms. The molecule has 0 spiro atoms. The molecule has 3 aromatic carbocycles. The van der Waals surface area contributed by atoms with Gasteiger partial charge in [0.15, 0.2) is 0 Å². The van der Waals surface area contributed by atoms with Crippen LogP contribution in [0.1, 0.15) is 36.1 Å². The number of aryl methyl sites for hydroxylation is 1. The van der Waals surface area contributed by atoms with Crippen LogP contribution in [0.25, 0.3) is 10.8 Å². The van der Waals surface area contributed by atoms with Crippen molar-refractivity contribution in [2.24, 2.45) is 0 Å². The lowest BCUT2D eigenvalue weighted by Gasteiger charge is -2.30. The van der Waals surface area contributed by atoms with Gasteiger partial charge in [-0.1, -0.05) is 60.7 Å². The van der Waals surface area contributed by atoms with Crippen LogP contribution in [-0.2, 0) is 12.6 Å². The molecule has 0 aliphatic heterocycles. The molecule has 3 rings (SSSR count). The van der Waals surface area contributed by atoms with Crippen LogP contribution in [0.15, 0.2) is 66.7 Å². The summed E-state index contributed by atoms with van der Waals surface area (Å²) in [4.78, 5) is 0. The fourth-order valence-corrected chi connectivity index (χ4v) is 3.39. The van der Waals surface area contributed by atoms with E-state index < -0.39 is 11.7 Å². The minimum Gasteiger partial charge on any atom is -0.634 e. The molecule has 0 radical (unpaired) electrons. The highest BCUT2D eigenvalue weighted by molar-refractivity contribution is 5.85. The molecule has 0 saturated carbocycles. The molecular weight excluding hydrogens is 351 g/mol. The van der Waals surface area contributed by atoms with Gasteiger partial charge in [0.05, 0.1) is 12.1 Å². The average molecular weight is 373 g/mol. The van der Waals surface area contributed by atoms with Crippen LogP contribution in [-0.4, -0.2) is 6.54 Å². The minimum atomic E-state index is -4.34. The average Bonchev–Trinajstić information content (AvgIpc) is 2.66. The van der Waals surface area contributed by atoms with Gasteiger partial charge in [-0.3, -0.25) is 0 Å². The number of hydrogen-bond acceptors (Lipinski definition) is 1. The maximum atomic E-state index is 12.8. The Morgan fingerprint density at radius 2 is 1.67 bits per heavy atom. The Morgan fingerprint density at radius 1 is 0.963 bits per heavy atom. The van der Waals surface area contributed by atoms with E-state index in [1.54, 1.807) is 6.07 Å². The monoisotopic (exact) mass is 373 g/mol. The van der Waals surface area contributed by atoms with Crippen LogP contribution >= 0.6 is 0 Å². The fraction of sp³-hybridized carbons (Fsp3) is 0.273. The van der Waals surface area contributed by atoms with Crippen molar-refractivity contribution < 1.29 is 18.2 Å². The number of halogens is 3. The predicted octanol–water partition coefficient (Wildman–Crippen LogP) is 4.94. The van der Waals surface area contributed by atoms with E-state index in [1.807, 2.05) is 49.4 Å². The lowest BCUT2D eigenvalue weighted by Crippen LogP contribution is -3.07. The lowest BCUT2D eigenvalue weighted by molar-refractivity contribution is -0.879. The maximum absolute atomic E-state index is 12.8. The fourth-order valence-electron chi connectivity index (χ4n) is 3.39. The number of benzene rings is 3. The van der Waals surface area contributed by atoms with Gasteiger partial charge < -0.3 is 10.3 Å². The summed E-state index contributed by atoms with van der Waals surface area (Å²) < 4.78 is 38.4. The van der Waals surface area contributed by atoms with Gasteiger partial charge in [0.25, 0.3) is 0 Å². The highest BCUT2D eigenvalue weighted by Gasteiger charge is 2.30. The van der Waals surface area contributed by atoms with E-state index >= 15 is 0 Å². The van der Waals surface area contributed by atoms with Crippen molar-refractivity contribution in [3.63, 3.8) is 0 Å². The van der Waals surface area contributed by atoms with Crippen LogP contribution in [0.3, 0.4) is 0 Å². The quantitative estimate of drug-likeness (QED) is 0.609. The first-order chi connectivity index (χ1) is 12.9. The Balaban J connectivity index is 1.63. The van der Waals surface area contributed by atoms with Crippen LogP contribution in [0.5, 0.6) is 0 Å². The Labute approximate surface area is 156 Å². The van der Waals surface area contributed by atoms with Gasteiger partial charge in [-0.2, -0.15) is 13.2 Å². The van der Waals surface area contributed by atoms with Crippen molar-refractivity contribution in [2.75, 3.05) is 6.54 Å². The second kappa shape index (κ2) is 8.11. The van der Waals surface area contributed by atoms with E-state index in [0.29, 0.717) is 24.9 Å². The van der Waals surface area contributed by atoms with Crippen molar-refractivity contribution in [2.45, 2.75) is 32.0 Å². The van der Waals surface area contributed by atoms with Gasteiger partial charge in [0.2, 0.25) is 0 Å². The van der Waals surface area contributed by atoms with E-state index in [1.165, 1.54) is 12.1 Å². The summed E-state index contributed by atoms with van der Waals surface area (Å²) in [6.07, 6.45) is -3.35. The van der Waals surface area contributed by atoms with E-state index in [0.717, 1.165) is 22.4 Å². The summed E-state index contributed by atoms with van der Waals surface area (Å²) in [5.74, 6) is 0. The summed E-state index contributed by atoms with van der Waals surface area (Å²) in [5, 5.41) is 14.9. The van der Waals surface area contributed by atoms with E-state index in [4.69, 9.17) is 0 Å². The van der Waals surface area contributed by atoms with Crippen molar-refractivity contribution >= 4 is 10.8 Å². The van der Waals surface area contributed by atoms with Crippen LogP contribution < -0.4 is 5.06 Å². The topological polar surface area (TPSA) is 27.5 Å². The highest BCUT2D eigenvalue weighted by Crippen LogP contribution is 2.29. The number of alkyl halides is 3. The Morgan fingerprint density at radius 3 is 2.44 bits per heavy atom. The Bertz CT molecular complexity index is 902.